The summed E-state index contributed by atoms with van der Waals surface area (Å²) in [4.78, 5) is 0. The van der Waals surface area contributed by atoms with Crippen molar-refractivity contribution in [2.75, 3.05) is 6.61 Å². The minimum Gasteiger partial charge on any atom is -0.374 e. The molecule has 5 aromatic rings. The molecule has 0 saturated heterocycles. The van der Waals surface area contributed by atoms with Gasteiger partial charge in [0.05, 0.1) is 6.61 Å². The van der Waals surface area contributed by atoms with E-state index in [1.165, 1.54) is 6.92 Å². The molecule has 2 N–H and O–H groups in total. The Balaban J connectivity index is 1.65. The standard InChI is InChI=1S/C39H32O3/c1-37(40,29-27-32-17-7-2-8-18-32)38(41,30-28-33-19-9-3-10-20-33)31-42-39(34-21-11-4-12-22-34,35-23-13-5-14-24-35)36-25-15-6-16-26-36/h2-26,40-41H,31H2,1H3/t37-,38+/m1/s1. The molecule has 3 nitrogen and oxygen atoms in total. The first-order chi connectivity index (χ1) is 20.4. The molecule has 3 heteroatoms. The van der Waals surface area contributed by atoms with Gasteiger partial charge in [-0.2, -0.15) is 0 Å². The van der Waals surface area contributed by atoms with Gasteiger partial charge < -0.3 is 14.9 Å². The average Bonchev–Trinajstić information content (AvgIpc) is 3.05. The number of aliphatic hydroxyl groups is 2. The van der Waals surface area contributed by atoms with Gasteiger partial charge in [-0.15, -0.1) is 0 Å². The second kappa shape index (κ2) is 12.7. The number of benzene rings is 5. The van der Waals surface area contributed by atoms with Gasteiger partial charge in [0, 0.05) is 11.1 Å². The van der Waals surface area contributed by atoms with E-state index in [1.807, 2.05) is 152 Å². The van der Waals surface area contributed by atoms with Crippen molar-refractivity contribution < 1.29 is 14.9 Å². The first kappa shape index (κ1) is 28.6. The first-order valence-electron chi connectivity index (χ1n) is 13.8. The van der Waals surface area contributed by atoms with Crippen molar-refractivity contribution in [1.29, 1.82) is 0 Å². The monoisotopic (exact) mass is 548 g/mol. The van der Waals surface area contributed by atoms with E-state index in [2.05, 4.69) is 23.7 Å². The zero-order valence-electron chi connectivity index (χ0n) is 23.4. The Morgan fingerprint density at radius 1 is 0.500 bits per heavy atom. The highest BCUT2D eigenvalue weighted by molar-refractivity contribution is 5.48. The zero-order chi connectivity index (χ0) is 29.3. The molecule has 0 aliphatic heterocycles. The van der Waals surface area contributed by atoms with Gasteiger partial charge in [0.25, 0.3) is 0 Å². The second-order valence-corrected chi connectivity index (χ2v) is 10.2. The van der Waals surface area contributed by atoms with E-state index in [1.54, 1.807) is 0 Å². The van der Waals surface area contributed by atoms with E-state index in [0.29, 0.717) is 11.1 Å². The Morgan fingerprint density at radius 2 is 0.833 bits per heavy atom. The molecule has 0 fully saturated rings. The van der Waals surface area contributed by atoms with Crippen LogP contribution in [0.2, 0.25) is 0 Å². The molecule has 42 heavy (non-hydrogen) atoms. The van der Waals surface area contributed by atoms with E-state index >= 15 is 0 Å². The van der Waals surface area contributed by atoms with Crippen LogP contribution in [-0.4, -0.2) is 28.0 Å². The molecule has 0 amide bonds. The van der Waals surface area contributed by atoms with Crippen LogP contribution in [0.25, 0.3) is 0 Å². The maximum Gasteiger partial charge on any atom is 0.189 e. The summed E-state index contributed by atoms with van der Waals surface area (Å²) in [5, 5.41) is 24.0. The zero-order valence-corrected chi connectivity index (χ0v) is 23.4. The first-order valence-corrected chi connectivity index (χ1v) is 13.8. The summed E-state index contributed by atoms with van der Waals surface area (Å²) in [6.07, 6.45) is 0. The van der Waals surface area contributed by atoms with Crippen molar-refractivity contribution in [3.8, 4) is 23.7 Å². The molecular formula is C39H32O3. The van der Waals surface area contributed by atoms with E-state index in [9.17, 15) is 10.2 Å². The molecule has 0 bridgehead atoms. The maximum atomic E-state index is 12.2. The third-order valence-electron chi connectivity index (χ3n) is 7.26. The van der Waals surface area contributed by atoms with E-state index < -0.39 is 16.8 Å². The third-order valence-corrected chi connectivity index (χ3v) is 7.26. The van der Waals surface area contributed by atoms with Gasteiger partial charge in [0.1, 0.15) is 5.60 Å². The van der Waals surface area contributed by atoms with Crippen molar-refractivity contribution in [2.24, 2.45) is 0 Å². The molecule has 0 saturated carbocycles. The Kier molecular flexibility index (Phi) is 8.68. The van der Waals surface area contributed by atoms with Crippen molar-refractivity contribution in [2.45, 2.75) is 23.7 Å². The Bertz CT molecular complexity index is 1600. The summed E-state index contributed by atoms with van der Waals surface area (Å²) < 4.78 is 6.90. The lowest BCUT2D eigenvalue weighted by Gasteiger charge is -2.40. The Hall–Kier alpha value is -4.90. The predicted octanol–water partition coefficient (Wildman–Crippen LogP) is 6.58. The number of rotatable bonds is 7. The minimum atomic E-state index is -2.08. The van der Waals surface area contributed by atoms with Crippen molar-refractivity contribution in [1.82, 2.24) is 0 Å². The SMILES string of the molecule is C[C@@](O)(C#Cc1ccccc1)[C@](O)(C#Cc1ccccc1)COC(c1ccccc1)(c1ccccc1)c1ccccc1. The minimum absolute atomic E-state index is 0.345. The highest BCUT2D eigenvalue weighted by atomic mass is 16.5. The summed E-state index contributed by atoms with van der Waals surface area (Å²) in [7, 11) is 0. The summed E-state index contributed by atoms with van der Waals surface area (Å²) in [5.41, 5.74) is -1.13. The topological polar surface area (TPSA) is 49.7 Å². The molecule has 0 spiro atoms. The highest BCUT2D eigenvalue weighted by Crippen LogP contribution is 2.41. The molecule has 0 aliphatic carbocycles. The third kappa shape index (κ3) is 6.21. The largest absolute Gasteiger partial charge is 0.374 e. The van der Waals surface area contributed by atoms with Crippen molar-refractivity contribution >= 4 is 0 Å². The van der Waals surface area contributed by atoms with Crippen LogP contribution in [-0.2, 0) is 10.3 Å². The van der Waals surface area contributed by atoms with Crippen LogP contribution >= 0.6 is 0 Å². The molecular weight excluding hydrogens is 516 g/mol. The molecule has 206 valence electrons. The van der Waals surface area contributed by atoms with Gasteiger partial charge in [0.2, 0.25) is 0 Å². The van der Waals surface area contributed by atoms with Crippen LogP contribution in [0.1, 0.15) is 34.7 Å². The second-order valence-electron chi connectivity index (χ2n) is 10.2. The average molecular weight is 549 g/mol. The summed E-state index contributed by atoms with van der Waals surface area (Å²) in [5.74, 6) is 11.9. The van der Waals surface area contributed by atoms with Gasteiger partial charge in [-0.05, 0) is 47.9 Å². The molecule has 0 aliphatic rings. The summed E-state index contributed by atoms with van der Waals surface area (Å²) in [6.45, 7) is 1.13. The van der Waals surface area contributed by atoms with Gasteiger partial charge in [-0.3, -0.25) is 0 Å². The van der Waals surface area contributed by atoms with E-state index in [4.69, 9.17) is 4.74 Å². The molecule has 5 aromatic carbocycles. The highest BCUT2D eigenvalue weighted by Gasteiger charge is 2.48. The number of hydrogen-bond donors (Lipinski definition) is 2. The molecule has 0 aromatic heterocycles. The van der Waals surface area contributed by atoms with Gasteiger partial charge in [0.15, 0.2) is 11.2 Å². The van der Waals surface area contributed by atoms with Crippen molar-refractivity contribution in [3.63, 3.8) is 0 Å². The maximum absolute atomic E-state index is 12.2. The van der Waals surface area contributed by atoms with E-state index in [0.717, 1.165) is 16.7 Å². The van der Waals surface area contributed by atoms with Crippen LogP contribution in [0.15, 0.2) is 152 Å². The summed E-state index contributed by atoms with van der Waals surface area (Å²) in [6, 6.07) is 48.3. The van der Waals surface area contributed by atoms with Crippen LogP contribution < -0.4 is 0 Å². The Labute approximate surface area is 248 Å². The van der Waals surface area contributed by atoms with E-state index in [-0.39, 0.29) is 6.61 Å². The van der Waals surface area contributed by atoms with Crippen LogP contribution in [0.3, 0.4) is 0 Å². The number of ether oxygens (including phenoxy) is 1. The summed E-state index contributed by atoms with van der Waals surface area (Å²) >= 11 is 0. The quantitative estimate of drug-likeness (QED) is 0.178. The Morgan fingerprint density at radius 3 is 1.21 bits per heavy atom. The lowest BCUT2D eigenvalue weighted by Crippen LogP contribution is -2.55. The fourth-order valence-electron chi connectivity index (χ4n) is 4.80. The van der Waals surface area contributed by atoms with Gasteiger partial charge in [-0.25, -0.2) is 0 Å². The smallest absolute Gasteiger partial charge is 0.189 e. The molecule has 2 atom stereocenters. The van der Waals surface area contributed by atoms with Crippen molar-refractivity contribution in [3.05, 3.63) is 179 Å². The fraction of sp³-hybridized carbons (Fsp3) is 0.128. The van der Waals surface area contributed by atoms with Gasteiger partial charge in [-0.1, -0.05) is 151 Å². The lowest BCUT2D eigenvalue weighted by molar-refractivity contribution is -0.134. The van der Waals surface area contributed by atoms with Crippen LogP contribution in [0, 0.1) is 23.7 Å². The van der Waals surface area contributed by atoms with Crippen LogP contribution in [0.5, 0.6) is 0 Å². The fourth-order valence-corrected chi connectivity index (χ4v) is 4.80. The molecule has 5 rings (SSSR count). The van der Waals surface area contributed by atoms with Crippen LogP contribution in [0.4, 0.5) is 0 Å². The molecule has 0 radical (unpaired) electrons. The molecule has 0 unspecified atom stereocenters. The molecule has 0 heterocycles. The normalized spacial score (nSPS) is 13.8. The number of hydrogen-bond acceptors (Lipinski definition) is 3. The predicted molar refractivity (Wildman–Crippen MR) is 167 cm³/mol. The van der Waals surface area contributed by atoms with Gasteiger partial charge >= 0.3 is 0 Å². The lowest BCUT2D eigenvalue weighted by atomic mass is 9.79.